The van der Waals surface area contributed by atoms with E-state index in [-0.39, 0.29) is 0 Å². The normalized spacial score (nSPS) is 12.0. The van der Waals surface area contributed by atoms with E-state index in [9.17, 15) is 0 Å². The van der Waals surface area contributed by atoms with Crippen LogP contribution < -0.4 is 0 Å². The summed E-state index contributed by atoms with van der Waals surface area (Å²) in [5.74, 6) is 0. The van der Waals surface area contributed by atoms with Gasteiger partial charge in [0.2, 0.25) is 0 Å². The topological polar surface area (TPSA) is 9.23 Å². The molecule has 0 spiro atoms. The van der Waals surface area contributed by atoms with Crippen molar-refractivity contribution in [2.24, 2.45) is 0 Å². The lowest BCUT2D eigenvalue weighted by Crippen LogP contribution is -1.87. The Bertz CT molecular complexity index is 1090. The van der Waals surface area contributed by atoms with Gasteiger partial charge in [0.1, 0.15) is 0 Å². The van der Waals surface area contributed by atoms with Crippen molar-refractivity contribution in [1.82, 2.24) is 0 Å². The average Bonchev–Trinajstić information content (AvgIpc) is 3.42. The van der Waals surface area contributed by atoms with Gasteiger partial charge in [-0.25, -0.2) is 0 Å². The highest BCUT2D eigenvalue weighted by Crippen LogP contribution is 2.71. The van der Waals surface area contributed by atoms with Gasteiger partial charge in [-0.15, -0.1) is 0 Å². The molecular formula is CH4OS74. The third-order valence-electron chi connectivity index (χ3n) is 2.21. The second-order valence-corrected chi connectivity index (χ2v) is 137. The zero-order valence-electron chi connectivity index (χ0n) is 31.7. The molecule has 0 aliphatic heterocycles. The molecule has 0 N–H and O–H groups in total. The first kappa shape index (κ1) is 102. The Hall–Kier alpha value is 25.6. The van der Waals surface area contributed by atoms with E-state index in [1.54, 1.807) is 154 Å². The minimum Gasteiger partial charge on any atom is -0.305 e. The van der Waals surface area contributed by atoms with Crippen molar-refractivity contribution in [2.45, 2.75) is 0 Å². The van der Waals surface area contributed by atoms with Crippen LogP contribution in [0.1, 0.15) is 0 Å². The van der Waals surface area contributed by atoms with Crippen LogP contribution in [0.25, 0.3) is 0 Å². The van der Waals surface area contributed by atoms with Gasteiger partial charge in [0, 0.05) is 609 Å². The molecule has 0 radical (unpaired) electrons. The van der Waals surface area contributed by atoms with E-state index in [0.29, 0.717) is 0 Å². The third-order valence-corrected chi connectivity index (χ3v) is 163. The summed E-state index contributed by atoms with van der Waals surface area (Å²) in [5.41, 5.74) is 0. The van der Waals surface area contributed by atoms with Crippen LogP contribution in [0.15, 0.2) is 0 Å². The first-order valence-corrected chi connectivity index (χ1v) is 111. The fourth-order valence-corrected chi connectivity index (χ4v) is 195. The monoisotopic (exact) mass is 2400 g/mol. The van der Waals surface area contributed by atoms with Crippen LogP contribution in [0, 0.1) is 0 Å². The van der Waals surface area contributed by atoms with Gasteiger partial charge in [0.15, 0.2) is 0 Å². The fourth-order valence-electron chi connectivity index (χ4n) is 0.834. The standard InChI is InChI=1S/CH4OS74/c1-2-76(4,5)75-74-73-72-71-70-69-68-67-66-65-64-63-62-61-60-59-58-57-56-55-54-53-52-51-50-49-48-47-46-45-44-43-42-41-40-39-38-37-36-35-34-33-32-31-30-29-28-27-26-25-24-23-22-21-20-19-18-17-16-15-14-13-12-11-10-9-8-7-6-3/h3H,1H3. The van der Waals surface area contributed by atoms with Crippen molar-refractivity contribution < 1.29 is 4.18 Å². The molecule has 0 amide bonds. The molecule has 0 aliphatic carbocycles. The minimum absolute atomic E-state index is 1.46. The van der Waals surface area contributed by atoms with E-state index in [1.807, 2.05) is 521 Å². The number of rotatable bonds is 71. The third kappa shape index (κ3) is 95.7. The Morgan fingerprint density at radius 2 is 0.276 bits per heavy atom. The number of hydrogen-bond donors (Lipinski definition) is 1. The van der Waals surface area contributed by atoms with Crippen molar-refractivity contribution >= 4 is 728 Å². The van der Waals surface area contributed by atoms with Crippen LogP contribution in [0.5, 0.6) is 0 Å². The molecule has 0 saturated carbocycles. The van der Waals surface area contributed by atoms with Crippen molar-refractivity contribution in [3.05, 3.63) is 0 Å². The van der Waals surface area contributed by atoms with Crippen LogP contribution in [0.2, 0.25) is 0 Å². The van der Waals surface area contributed by atoms with Gasteiger partial charge in [-0.1, -0.05) is 11.7 Å². The van der Waals surface area contributed by atoms with Crippen molar-refractivity contribution in [1.29, 1.82) is 0 Å². The highest BCUT2D eigenvalue weighted by molar-refractivity contribution is 9.65. The summed E-state index contributed by atoms with van der Waals surface area (Å²) < 4.78 is 5.12. The molecular weight excluding hydrogens is 2400 g/mol. The highest BCUT2D eigenvalue weighted by atomic mass is 34.1. The maximum absolute atomic E-state index is 5.18. The SMILES string of the molecule is COS(=S)(=S)SSSSSSSSSSSSSSSSSSSSSSSSSSSSSSSSSSSSSSSSSSSSSSSSSSSSSSSSSSSSSSSSSSSSSSS. The largest absolute Gasteiger partial charge is 0.305 e. The lowest BCUT2D eigenvalue weighted by Gasteiger charge is -2.03. The summed E-state index contributed by atoms with van der Waals surface area (Å²) in [7, 11) is 128. The van der Waals surface area contributed by atoms with E-state index >= 15 is 0 Å². The molecule has 0 atom stereocenters. The Morgan fingerprint density at radius 3 is 0.368 bits per heavy atom. The van der Waals surface area contributed by atoms with E-state index < -0.39 is 6.46 Å². The molecule has 75 heteroatoms. The molecule has 0 heterocycles. The molecule has 0 rings (SSSR count). The molecule has 1 nitrogen and oxygen atoms in total. The minimum atomic E-state index is -1.80. The molecule has 458 valence electrons. The van der Waals surface area contributed by atoms with Crippen molar-refractivity contribution in [3.8, 4) is 0 Å². The molecule has 0 fully saturated rings. The van der Waals surface area contributed by atoms with E-state index in [4.69, 9.17) is 26.6 Å². The molecule has 0 aromatic carbocycles. The van der Waals surface area contributed by atoms with Crippen molar-refractivity contribution in [2.75, 3.05) is 7.11 Å². The summed E-state index contributed by atoms with van der Waals surface area (Å²) in [4.78, 5) is 0. The quantitative estimate of drug-likeness (QED) is 0.0352. The first-order valence-electron chi connectivity index (χ1n) is 12.8. The first-order chi connectivity index (χ1) is 37.6. The Morgan fingerprint density at radius 1 is 0.184 bits per heavy atom. The maximum Gasteiger partial charge on any atom is 0.0817 e. The van der Waals surface area contributed by atoms with Crippen LogP contribution >= 0.6 is 699 Å². The molecule has 76 heavy (non-hydrogen) atoms. The summed E-state index contributed by atoms with van der Waals surface area (Å²) in [6.45, 7) is -1.80. The van der Waals surface area contributed by atoms with Gasteiger partial charge in [0.05, 0.1) is 13.6 Å². The summed E-state index contributed by atoms with van der Waals surface area (Å²) in [6.07, 6.45) is 0. The average molecular weight is 2400 g/mol. The second kappa shape index (κ2) is 94.8. The molecule has 0 saturated heterocycles. The molecule has 0 aliphatic rings. The summed E-state index contributed by atoms with van der Waals surface area (Å²) in [5, 5.41) is 0. The fraction of sp³-hybridized carbons (Fsp3) is 1.00. The van der Waals surface area contributed by atoms with Crippen LogP contribution in [-0.4, -0.2) is 7.11 Å². The predicted octanol–water partition coefficient (Wildman–Crippen LogP) is 45.8. The van der Waals surface area contributed by atoms with E-state index in [2.05, 4.69) is 11.7 Å². The zero-order chi connectivity index (χ0) is 54.7. The predicted molar refractivity (Wildman–Crippen MR) is 569 cm³/mol. The molecule has 0 bridgehead atoms. The lowest BCUT2D eigenvalue weighted by atomic mass is 11.8. The van der Waals surface area contributed by atoms with Gasteiger partial charge in [0.25, 0.3) is 0 Å². The van der Waals surface area contributed by atoms with Gasteiger partial charge in [-0.2, -0.15) is 0 Å². The van der Waals surface area contributed by atoms with Crippen molar-refractivity contribution in [3.63, 3.8) is 0 Å². The summed E-state index contributed by atoms with van der Waals surface area (Å²) in [6, 6.07) is 0. The number of hydrogen-bond acceptors (Lipinski definition) is 74. The highest BCUT2D eigenvalue weighted by Gasteiger charge is 2.07. The van der Waals surface area contributed by atoms with Crippen LogP contribution in [0.3, 0.4) is 0 Å². The van der Waals surface area contributed by atoms with Gasteiger partial charge < -0.3 is 4.18 Å². The molecule has 0 unspecified atom stereocenters. The van der Waals surface area contributed by atoms with E-state index in [0.717, 1.165) is 0 Å². The van der Waals surface area contributed by atoms with Crippen LogP contribution in [0.4, 0.5) is 0 Å². The maximum atomic E-state index is 5.18. The zero-order valence-corrected chi connectivity index (χ0v) is 92.2. The second-order valence-electron chi connectivity index (χ2n) is 5.34. The van der Waals surface area contributed by atoms with Crippen LogP contribution in [-0.2, 0) is 33.0 Å². The Labute approximate surface area is 719 Å². The number of thiol groups is 1. The summed E-state index contributed by atoms with van der Waals surface area (Å²) >= 11 is 14.5. The van der Waals surface area contributed by atoms with Gasteiger partial charge >= 0.3 is 0 Å². The van der Waals surface area contributed by atoms with Gasteiger partial charge in [-0.05, 0) is 101 Å². The van der Waals surface area contributed by atoms with Gasteiger partial charge in [-0.3, -0.25) is 0 Å². The molecule has 0 aromatic rings. The van der Waals surface area contributed by atoms with E-state index in [1.165, 1.54) is 19.7 Å². The lowest BCUT2D eigenvalue weighted by molar-refractivity contribution is 0.491. The smallest absolute Gasteiger partial charge is 0.0817 e. The Kier molecular flexibility index (Phi) is 127. The Balaban J connectivity index is 3.09. The molecule has 0 aromatic heterocycles.